The number of nitrogens with two attached hydrogens (primary N) is 1. The second kappa shape index (κ2) is 8.62. The molecule has 0 aromatic heterocycles. The van der Waals surface area contributed by atoms with E-state index in [2.05, 4.69) is 31.2 Å². The number of halogens is 1. The number of nitrogens with zero attached hydrogens (tertiary/aromatic N) is 1. The second-order valence-corrected chi connectivity index (χ2v) is 5.87. The molecule has 1 atom stereocenters. The molecule has 0 fully saturated rings. The van der Waals surface area contributed by atoms with Gasteiger partial charge in [0, 0.05) is 18.2 Å². The van der Waals surface area contributed by atoms with Crippen LogP contribution in [0.15, 0.2) is 23.4 Å². The van der Waals surface area contributed by atoms with Crippen LogP contribution in [0.3, 0.4) is 0 Å². The fourth-order valence-corrected chi connectivity index (χ4v) is 2.19. The molecule has 1 rings (SSSR count). The third-order valence-electron chi connectivity index (χ3n) is 3.52. The van der Waals surface area contributed by atoms with Gasteiger partial charge in [0.2, 0.25) is 0 Å². The Bertz CT molecular complexity index is 475. The maximum Gasteiger partial charge on any atom is 0.173 e. The van der Waals surface area contributed by atoms with Crippen LogP contribution in [0.2, 0.25) is 0 Å². The molecule has 0 aliphatic carbocycles. The Morgan fingerprint density at radius 1 is 1.33 bits per heavy atom. The molecule has 118 valence electrons. The van der Waals surface area contributed by atoms with Crippen LogP contribution in [0.1, 0.15) is 51.2 Å². The van der Waals surface area contributed by atoms with Gasteiger partial charge in [-0.1, -0.05) is 44.0 Å². The standard InChI is InChI=1S/C16H26FN3O/c1-11(2)6-4-7-12(3)19-10-13-8-5-9-14(15(13)17)16(18)20-21/h5,8-9,11-12,19,21H,4,6-7,10H2,1-3H3,(H2,18,20). The minimum absolute atomic E-state index is 0.129. The Labute approximate surface area is 126 Å². The monoisotopic (exact) mass is 295 g/mol. The molecule has 1 aromatic carbocycles. The quantitative estimate of drug-likeness (QED) is 0.298. The van der Waals surface area contributed by atoms with Crippen molar-refractivity contribution < 1.29 is 9.60 Å². The highest BCUT2D eigenvalue weighted by Gasteiger charge is 2.12. The van der Waals surface area contributed by atoms with Gasteiger partial charge in [0.25, 0.3) is 0 Å². The van der Waals surface area contributed by atoms with Crippen LogP contribution in [0.5, 0.6) is 0 Å². The molecule has 0 saturated heterocycles. The summed E-state index contributed by atoms with van der Waals surface area (Å²) < 4.78 is 14.2. The highest BCUT2D eigenvalue weighted by atomic mass is 19.1. The minimum atomic E-state index is -0.435. The van der Waals surface area contributed by atoms with Crippen molar-refractivity contribution in [2.75, 3.05) is 0 Å². The van der Waals surface area contributed by atoms with Gasteiger partial charge in [-0.05, 0) is 25.3 Å². The first-order valence-corrected chi connectivity index (χ1v) is 7.44. The van der Waals surface area contributed by atoms with E-state index in [0.717, 1.165) is 6.42 Å². The average molecular weight is 295 g/mol. The van der Waals surface area contributed by atoms with Crippen LogP contribution in [0.4, 0.5) is 4.39 Å². The zero-order valence-corrected chi connectivity index (χ0v) is 13.1. The lowest BCUT2D eigenvalue weighted by Crippen LogP contribution is -2.26. The van der Waals surface area contributed by atoms with Gasteiger partial charge < -0.3 is 16.3 Å². The van der Waals surface area contributed by atoms with Gasteiger partial charge in [-0.25, -0.2) is 4.39 Å². The van der Waals surface area contributed by atoms with Crippen molar-refractivity contribution in [1.82, 2.24) is 5.32 Å². The van der Waals surface area contributed by atoms with E-state index in [-0.39, 0.29) is 11.4 Å². The number of benzene rings is 1. The number of oxime groups is 1. The molecule has 21 heavy (non-hydrogen) atoms. The molecular weight excluding hydrogens is 269 g/mol. The largest absolute Gasteiger partial charge is 0.409 e. The van der Waals surface area contributed by atoms with Crippen molar-refractivity contribution in [2.45, 2.75) is 52.6 Å². The van der Waals surface area contributed by atoms with Gasteiger partial charge in [0.1, 0.15) is 5.82 Å². The SMILES string of the molecule is CC(C)CCCC(C)NCc1cccc(/C(N)=N/O)c1F. The smallest absolute Gasteiger partial charge is 0.173 e. The molecule has 0 saturated carbocycles. The molecule has 1 unspecified atom stereocenters. The Morgan fingerprint density at radius 2 is 2.05 bits per heavy atom. The first-order valence-electron chi connectivity index (χ1n) is 7.44. The fraction of sp³-hybridized carbons (Fsp3) is 0.562. The summed E-state index contributed by atoms with van der Waals surface area (Å²) in [6, 6.07) is 5.24. The van der Waals surface area contributed by atoms with Gasteiger partial charge in [0.15, 0.2) is 5.84 Å². The van der Waals surface area contributed by atoms with Crippen LogP contribution < -0.4 is 11.1 Å². The van der Waals surface area contributed by atoms with Gasteiger partial charge in [0.05, 0.1) is 5.56 Å². The summed E-state index contributed by atoms with van der Waals surface area (Å²) in [7, 11) is 0. The van der Waals surface area contributed by atoms with E-state index in [1.807, 2.05) is 0 Å². The summed E-state index contributed by atoms with van der Waals surface area (Å²) in [6.45, 7) is 6.96. The molecule has 0 spiro atoms. The van der Waals surface area contributed by atoms with Crippen molar-refractivity contribution >= 4 is 5.84 Å². The van der Waals surface area contributed by atoms with Gasteiger partial charge in [-0.3, -0.25) is 0 Å². The van der Waals surface area contributed by atoms with E-state index in [9.17, 15) is 4.39 Å². The van der Waals surface area contributed by atoms with E-state index in [1.165, 1.54) is 18.9 Å². The molecule has 0 amide bonds. The Balaban J connectivity index is 2.56. The first kappa shape index (κ1) is 17.4. The molecule has 4 N–H and O–H groups in total. The number of hydrogen-bond donors (Lipinski definition) is 3. The van der Waals surface area contributed by atoms with Crippen LogP contribution in [0.25, 0.3) is 0 Å². The molecule has 1 aromatic rings. The zero-order chi connectivity index (χ0) is 15.8. The van der Waals surface area contributed by atoms with Gasteiger partial charge in [-0.2, -0.15) is 0 Å². The summed E-state index contributed by atoms with van der Waals surface area (Å²) >= 11 is 0. The van der Waals surface area contributed by atoms with Gasteiger partial charge >= 0.3 is 0 Å². The van der Waals surface area contributed by atoms with Crippen molar-refractivity contribution in [3.05, 3.63) is 35.1 Å². The number of amidine groups is 1. The summed E-state index contributed by atoms with van der Waals surface area (Å²) in [4.78, 5) is 0. The lowest BCUT2D eigenvalue weighted by atomic mass is 10.0. The van der Waals surface area contributed by atoms with E-state index in [4.69, 9.17) is 10.9 Å². The van der Waals surface area contributed by atoms with Crippen molar-refractivity contribution in [1.29, 1.82) is 0 Å². The third-order valence-corrected chi connectivity index (χ3v) is 3.52. The summed E-state index contributed by atoms with van der Waals surface area (Å²) in [6.07, 6.45) is 3.44. The maximum atomic E-state index is 14.2. The van der Waals surface area contributed by atoms with Crippen LogP contribution >= 0.6 is 0 Å². The van der Waals surface area contributed by atoms with Gasteiger partial charge in [-0.15, -0.1) is 0 Å². The third kappa shape index (κ3) is 5.71. The highest BCUT2D eigenvalue weighted by molar-refractivity contribution is 5.97. The topological polar surface area (TPSA) is 70.6 Å². The number of nitrogens with one attached hydrogen (secondary N) is 1. The summed E-state index contributed by atoms with van der Waals surface area (Å²) in [5.41, 5.74) is 6.11. The minimum Gasteiger partial charge on any atom is -0.409 e. The van der Waals surface area contributed by atoms with E-state index in [1.54, 1.807) is 12.1 Å². The van der Waals surface area contributed by atoms with Crippen LogP contribution in [-0.4, -0.2) is 17.1 Å². The average Bonchev–Trinajstić information content (AvgIpc) is 2.45. The maximum absolute atomic E-state index is 14.2. The number of rotatable bonds is 8. The van der Waals surface area contributed by atoms with Crippen molar-refractivity contribution in [2.24, 2.45) is 16.8 Å². The molecule has 4 nitrogen and oxygen atoms in total. The normalized spacial score (nSPS) is 13.7. The summed E-state index contributed by atoms with van der Waals surface area (Å²) in [5, 5.41) is 14.8. The van der Waals surface area contributed by atoms with E-state index < -0.39 is 5.82 Å². The lowest BCUT2D eigenvalue weighted by Gasteiger charge is -2.15. The molecule has 0 heterocycles. The summed E-state index contributed by atoms with van der Waals surface area (Å²) in [5.74, 6) is 0.0704. The predicted octanol–water partition coefficient (Wildman–Crippen LogP) is 3.22. The number of hydrogen-bond acceptors (Lipinski definition) is 3. The first-order chi connectivity index (χ1) is 9.95. The predicted molar refractivity (Wildman–Crippen MR) is 83.9 cm³/mol. The van der Waals surface area contributed by atoms with Crippen molar-refractivity contribution in [3.8, 4) is 0 Å². The second-order valence-electron chi connectivity index (χ2n) is 5.87. The Kier molecular flexibility index (Phi) is 7.15. The molecular formula is C16H26FN3O. The van der Waals surface area contributed by atoms with Crippen molar-refractivity contribution in [3.63, 3.8) is 0 Å². The lowest BCUT2D eigenvalue weighted by molar-refractivity contribution is 0.318. The molecule has 0 aliphatic rings. The Hall–Kier alpha value is -1.62. The zero-order valence-electron chi connectivity index (χ0n) is 13.1. The molecule has 0 radical (unpaired) electrons. The van der Waals surface area contributed by atoms with E-state index >= 15 is 0 Å². The highest BCUT2D eigenvalue weighted by Crippen LogP contribution is 2.14. The fourth-order valence-electron chi connectivity index (χ4n) is 2.19. The Morgan fingerprint density at radius 3 is 2.67 bits per heavy atom. The van der Waals surface area contributed by atoms with Crippen LogP contribution in [-0.2, 0) is 6.54 Å². The molecule has 5 heteroatoms. The molecule has 0 bridgehead atoms. The van der Waals surface area contributed by atoms with E-state index in [0.29, 0.717) is 24.1 Å². The van der Waals surface area contributed by atoms with Crippen LogP contribution in [0, 0.1) is 11.7 Å². The molecule has 0 aliphatic heterocycles.